The first-order chi connectivity index (χ1) is 12.3. The molecule has 0 amide bonds. The second kappa shape index (κ2) is 6.97. The average molecular weight is 337 g/mol. The largest absolute Gasteiger partial charge is 0.472 e. The van der Waals surface area contributed by atoms with Crippen LogP contribution in [0.1, 0.15) is 17.7 Å². The maximum Gasteiger partial charge on any atom is 0.233 e. The van der Waals surface area contributed by atoms with E-state index in [1.165, 1.54) is 12.1 Å². The number of aryl methyl sites for hydroxylation is 1. The molecule has 0 spiro atoms. The van der Waals surface area contributed by atoms with Gasteiger partial charge in [0.2, 0.25) is 5.88 Å². The summed E-state index contributed by atoms with van der Waals surface area (Å²) in [4.78, 5) is 2.25. The molecular formula is C20H20FN3O. The van der Waals surface area contributed by atoms with Crippen molar-refractivity contribution < 1.29 is 9.13 Å². The van der Waals surface area contributed by atoms with E-state index in [4.69, 9.17) is 4.74 Å². The summed E-state index contributed by atoms with van der Waals surface area (Å²) in [5, 5.41) is 4.58. The Morgan fingerprint density at radius 2 is 1.80 bits per heavy atom. The molecule has 0 radical (unpaired) electrons. The highest BCUT2D eigenvalue weighted by Crippen LogP contribution is 2.23. The van der Waals surface area contributed by atoms with E-state index in [9.17, 15) is 4.39 Å². The summed E-state index contributed by atoms with van der Waals surface area (Å²) in [5.74, 6) is 0.444. The molecule has 1 aromatic heterocycles. The van der Waals surface area contributed by atoms with Crippen molar-refractivity contribution in [3.63, 3.8) is 0 Å². The molecule has 0 fully saturated rings. The van der Waals surface area contributed by atoms with E-state index >= 15 is 0 Å². The molecule has 0 saturated heterocycles. The van der Waals surface area contributed by atoms with E-state index in [1.54, 1.807) is 0 Å². The van der Waals surface area contributed by atoms with Crippen LogP contribution in [0.5, 0.6) is 5.88 Å². The molecule has 4 nitrogen and oxygen atoms in total. The van der Waals surface area contributed by atoms with Crippen LogP contribution in [0.4, 0.5) is 10.1 Å². The fraction of sp³-hybridized carbons (Fsp3) is 0.250. The second-order valence-electron chi connectivity index (χ2n) is 6.22. The van der Waals surface area contributed by atoms with Crippen molar-refractivity contribution in [3.05, 3.63) is 77.7 Å². The Balaban J connectivity index is 1.47. The van der Waals surface area contributed by atoms with E-state index in [0.717, 1.165) is 43.0 Å². The predicted molar refractivity (Wildman–Crippen MR) is 95.1 cm³/mol. The van der Waals surface area contributed by atoms with Crippen molar-refractivity contribution in [1.82, 2.24) is 9.78 Å². The van der Waals surface area contributed by atoms with Gasteiger partial charge in [-0.2, -0.15) is 0 Å². The highest BCUT2D eigenvalue weighted by Gasteiger charge is 2.17. The third-order valence-corrected chi connectivity index (χ3v) is 4.41. The number of rotatable bonds is 4. The quantitative estimate of drug-likeness (QED) is 0.720. The van der Waals surface area contributed by atoms with Crippen LogP contribution in [0.15, 0.2) is 60.7 Å². The van der Waals surface area contributed by atoms with Gasteiger partial charge in [0.1, 0.15) is 12.4 Å². The molecule has 0 aliphatic carbocycles. The van der Waals surface area contributed by atoms with Gasteiger partial charge in [-0.1, -0.05) is 30.3 Å². The Labute approximate surface area is 146 Å². The van der Waals surface area contributed by atoms with Crippen molar-refractivity contribution in [1.29, 1.82) is 0 Å². The van der Waals surface area contributed by atoms with Crippen LogP contribution in [0, 0.1) is 5.82 Å². The van der Waals surface area contributed by atoms with E-state index in [0.29, 0.717) is 12.5 Å². The van der Waals surface area contributed by atoms with Gasteiger partial charge in [0.15, 0.2) is 0 Å². The van der Waals surface area contributed by atoms with Crippen LogP contribution in [0.2, 0.25) is 0 Å². The molecular weight excluding hydrogens is 317 g/mol. The lowest BCUT2D eigenvalue weighted by Crippen LogP contribution is -2.22. The average Bonchev–Trinajstić information content (AvgIpc) is 2.92. The molecule has 4 rings (SSSR count). The topological polar surface area (TPSA) is 30.3 Å². The number of anilines is 1. The Bertz CT molecular complexity index is 830. The van der Waals surface area contributed by atoms with Gasteiger partial charge < -0.3 is 9.64 Å². The molecule has 3 aromatic rings. The smallest absolute Gasteiger partial charge is 0.233 e. The normalized spacial score (nSPS) is 14.0. The summed E-state index contributed by atoms with van der Waals surface area (Å²) < 4.78 is 21.0. The molecule has 0 bridgehead atoms. The number of halogens is 1. The first-order valence-electron chi connectivity index (χ1n) is 8.52. The zero-order valence-corrected chi connectivity index (χ0v) is 13.9. The fourth-order valence-electron chi connectivity index (χ4n) is 3.11. The van der Waals surface area contributed by atoms with Gasteiger partial charge in [0, 0.05) is 24.8 Å². The minimum absolute atomic E-state index is 0.208. The molecule has 5 heteroatoms. The number of fused-ring (bicyclic) bond motifs is 1. The van der Waals surface area contributed by atoms with Gasteiger partial charge >= 0.3 is 0 Å². The number of benzene rings is 2. The van der Waals surface area contributed by atoms with Crippen molar-refractivity contribution in [3.8, 4) is 5.88 Å². The lowest BCUT2D eigenvalue weighted by atomic mass is 10.2. The summed E-state index contributed by atoms with van der Waals surface area (Å²) in [6, 6.07) is 18.7. The summed E-state index contributed by atoms with van der Waals surface area (Å²) >= 11 is 0. The van der Waals surface area contributed by atoms with E-state index in [-0.39, 0.29) is 5.82 Å². The predicted octanol–water partition coefficient (Wildman–Crippen LogP) is 4.01. The lowest BCUT2D eigenvalue weighted by molar-refractivity contribution is 0.289. The summed E-state index contributed by atoms with van der Waals surface area (Å²) in [5.41, 5.74) is 3.27. The maximum absolute atomic E-state index is 13.2. The lowest BCUT2D eigenvalue weighted by Gasteiger charge is -2.22. The summed E-state index contributed by atoms with van der Waals surface area (Å²) in [6.07, 6.45) is 0.990. The standard InChI is InChI=1S/C20H20FN3O/c21-17-7-9-18(10-8-17)23-11-4-12-24-19(14-23)13-20(22-24)25-15-16-5-2-1-3-6-16/h1-3,5-10,13H,4,11-12,14-15H2. The van der Waals surface area contributed by atoms with E-state index in [2.05, 4.69) is 10.00 Å². The van der Waals surface area contributed by atoms with Gasteiger partial charge in [-0.25, -0.2) is 4.39 Å². The molecule has 0 atom stereocenters. The number of ether oxygens (including phenoxy) is 1. The third-order valence-electron chi connectivity index (χ3n) is 4.41. The van der Waals surface area contributed by atoms with Crippen molar-refractivity contribution in [2.24, 2.45) is 0 Å². The summed E-state index contributed by atoms with van der Waals surface area (Å²) in [7, 11) is 0. The van der Waals surface area contributed by atoms with E-state index < -0.39 is 0 Å². The SMILES string of the molecule is Fc1ccc(N2CCCn3nc(OCc4ccccc4)cc3C2)cc1. The number of nitrogens with zero attached hydrogens (tertiary/aromatic N) is 3. The number of hydrogen-bond donors (Lipinski definition) is 0. The second-order valence-corrected chi connectivity index (χ2v) is 6.22. The molecule has 1 aliphatic rings. The van der Waals surface area contributed by atoms with Crippen LogP contribution < -0.4 is 9.64 Å². The molecule has 1 aliphatic heterocycles. The van der Waals surface area contributed by atoms with Crippen LogP contribution in [-0.4, -0.2) is 16.3 Å². The van der Waals surface area contributed by atoms with Gasteiger partial charge in [-0.05, 0) is 36.2 Å². The third kappa shape index (κ3) is 3.65. The Kier molecular flexibility index (Phi) is 4.37. The van der Waals surface area contributed by atoms with Gasteiger partial charge in [-0.15, -0.1) is 5.10 Å². The number of aromatic nitrogens is 2. The van der Waals surface area contributed by atoms with Crippen molar-refractivity contribution in [2.75, 3.05) is 11.4 Å². The van der Waals surface area contributed by atoms with Gasteiger partial charge in [-0.3, -0.25) is 4.68 Å². The van der Waals surface area contributed by atoms with Crippen LogP contribution in [-0.2, 0) is 19.7 Å². The number of hydrogen-bond acceptors (Lipinski definition) is 3. The summed E-state index contributed by atoms with van der Waals surface area (Å²) in [6.45, 7) is 3.04. The zero-order valence-electron chi connectivity index (χ0n) is 13.9. The molecule has 0 unspecified atom stereocenters. The van der Waals surface area contributed by atoms with Gasteiger partial charge in [0.25, 0.3) is 0 Å². The Morgan fingerprint density at radius 3 is 2.60 bits per heavy atom. The Morgan fingerprint density at radius 1 is 1.00 bits per heavy atom. The molecule has 0 saturated carbocycles. The first-order valence-corrected chi connectivity index (χ1v) is 8.52. The minimum Gasteiger partial charge on any atom is -0.472 e. The monoisotopic (exact) mass is 337 g/mol. The fourth-order valence-corrected chi connectivity index (χ4v) is 3.11. The highest BCUT2D eigenvalue weighted by atomic mass is 19.1. The van der Waals surface area contributed by atoms with Crippen LogP contribution in [0.25, 0.3) is 0 Å². The minimum atomic E-state index is -0.208. The molecule has 128 valence electrons. The highest BCUT2D eigenvalue weighted by molar-refractivity contribution is 5.47. The first kappa shape index (κ1) is 15.7. The zero-order chi connectivity index (χ0) is 17.1. The maximum atomic E-state index is 13.2. The van der Waals surface area contributed by atoms with E-state index in [1.807, 2.05) is 53.2 Å². The van der Waals surface area contributed by atoms with Gasteiger partial charge in [0.05, 0.1) is 12.2 Å². The molecule has 2 aromatic carbocycles. The molecule has 0 N–H and O–H groups in total. The van der Waals surface area contributed by atoms with Crippen LogP contribution >= 0.6 is 0 Å². The Hall–Kier alpha value is -2.82. The van der Waals surface area contributed by atoms with Crippen molar-refractivity contribution in [2.45, 2.75) is 26.1 Å². The van der Waals surface area contributed by atoms with Crippen molar-refractivity contribution >= 4 is 5.69 Å². The molecule has 2 heterocycles. The molecule has 25 heavy (non-hydrogen) atoms. The van der Waals surface area contributed by atoms with Crippen LogP contribution in [0.3, 0.4) is 0 Å².